The largest absolute Gasteiger partial charge is 0.384 e. The van der Waals surface area contributed by atoms with Gasteiger partial charge >= 0.3 is 0 Å². The van der Waals surface area contributed by atoms with Gasteiger partial charge in [0.1, 0.15) is 0 Å². The van der Waals surface area contributed by atoms with Gasteiger partial charge in [-0.2, -0.15) is 0 Å². The summed E-state index contributed by atoms with van der Waals surface area (Å²) in [6, 6.07) is 4.66. The molecule has 0 aromatic heterocycles. The maximum absolute atomic E-state index is 3.59. The topological polar surface area (TPSA) is 12.0 Å². The van der Waals surface area contributed by atoms with Crippen LogP contribution in [0.25, 0.3) is 0 Å². The number of fused-ring (bicyclic) bond motifs is 1. The molecule has 1 heteroatoms. The zero-order valence-corrected chi connectivity index (χ0v) is 10.9. The molecule has 0 saturated carbocycles. The molecule has 1 aromatic rings. The van der Waals surface area contributed by atoms with Crippen LogP contribution in [-0.2, 0) is 0 Å². The molecule has 1 heterocycles. The normalized spacial score (nSPS) is 18.7. The van der Waals surface area contributed by atoms with Gasteiger partial charge in [0.05, 0.1) is 0 Å². The van der Waals surface area contributed by atoms with Crippen molar-refractivity contribution >= 4 is 5.69 Å². The summed E-state index contributed by atoms with van der Waals surface area (Å²) in [6.07, 6.45) is 2.57. The van der Waals surface area contributed by atoms with Crippen molar-refractivity contribution in [3.05, 3.63) is 28.8 Å². The summed E-state index contributed by atoms with van der Waals surface area (Å²) in [6.45, 7) is 10.2. The fourth-order valence-corrected chi connectivity index (χ4v) is 3.13. The lowest BCUT2D eigenvalue weighted by molar-refractivity contribution is 0.418. The van der Waals surface area contributed by atoms with Crippen molar-refractivity contribution in [2.75, 3.05) is 11.9 Å². The monoisotopic (exact) mass is 217 g/mol. The highest BCUT2D eigenvalue weighted by Crippen LogP contribution is 2.41. The van der Waals surface area contributed by atoms with Gasteiger partial charge in [-0.15, -0.1) is 0 Å². The molecule has 0 saturated heterocycles. The molecular formula is C15H23N. The highest BCUT2D eigenvalue weighted by molar-refractivity contribution is 5.64. The smallest absolute Gasteiger partial charge is 0.0406 e. The number of benzene rings is 1. The summed E-state index contributed by atoms with van der Waals surface area (Å²) < 4.78 is 0. The number of aryl methyl sites for hydroxylation is 2. The fourth-order valence-electron chi connectivity index (χ4n) is 3.13. The first kappa shape index (κ1) is 11.5. The van der Waals surface area contributed by atoms with E-state index in [9.17, 15) is 0 Å². The van der Waals surface area contributed by atoms with Crippen LogP contribution in [0.1, 0.15) is 49.3 Å². The Hall–Kier alpha value is -0.980. The van der Waals surface area contributed by atoms with Gasteiger partial charge in [0, 0.05) is 18.2 Å². The Morgan fingerprint density at radius 3 is 2.56 bits per heavy atom. The zero-order valence-electron chi connectivity index (χ0n) is 10.9. The van der Waals surface area contributed by atoms with Crippen molar-refractivity contribution in [1.82, 2.24) is 0 Å². The average molecular weight is 217 g/mol. The molecule has 1 unspecified atom stereocenters. The second-order valence-corrected chi connectivity index (χ2v) is 5.11. The maximum atomic E-state index is 3.59. The van der Waals surface area contributed by atoms with E-state index in [1.54, 1.807) is 5.56 Å². The van der Waals surface area contributed by atoms with E-state index in [1.807, 2.05) is 0 Å². The maximum Gasteiger partial charge on any atom is 0.0406 e. The number of rotatable bonds is 3. The highest BCUT2D eigenvalue weighted by atomic mass is 14.9. The molecule has 1 aliphatic rings. The van der Waals surface area contributed by atoms with Crippen LogP contribution in [0.5, 0.6) is 0 Å². The molecule has 1 aromatic carbocycles. The van der Waals surface area contributed by atoms with E-state index in [1.165, 1.54) is 29.7 Å². The van der Waals surface area contributed by atoms with Crippen molar-refractivity contribution < 1.29 is 0 Å². The van der Waals surface area contributed by atoms with Gasteiger partial charge in [0.25, 0.3) is 0 Å². The van der Waals surface area contributed by atoms with E-state index in [0.29, 0.717) is 0 Å². The van der Waals surface area contributed by atoms with Gasteiger partial charge in [-0.1, -0.05) is 44.4 Å². The Balaban J connectivity index is 2.38. The van der Waals surface area contributed by atoms with Gasteiger partial charge in [0.2, 0.25) is 0 Å². The SMILES string of the molecule is CCC(CC)C1CNc2c(C)cc(C)cc21. The molecule has 0 aliphatic carbocycles. The highest BCUT2D eigenvalue weighted by Gasteiger charge is 2.28. The van der Waals surface area contributed by atoms with Crippen LogP contribution < -0.4 is 5.32 Å². The van der Waals surface area contributed by atoms with Gasteiger partial charge in [-0.05, 0) is 30.9 Å². The Morgan fingerprint density at radius 2 is 1.94 bits per heavy atom. The Morgan fingerprint density at radius 1 is 1.25 bits per heavy atom. The fraction of sp³-hybridized carbons (Fsp3) is 0.600. The minimum atomic E-state index is 0.726. The van der Waals surface area contributed by atoms with Gasteiger partial charge in [-0.3, -0.25) is 0 Å². The molecule has 1 nitrogen and oxygen atoms in total. The molecule has 0 spiro atoms. The molecule has 0 bridgehead atoms. The predicted molar refractivity (Wildman–Crippen MR) is 71.2 cm³/mol. The molecule has 0 amide bonds. The van der Waals surface area contributed by atoms with Crippen LogP contribution in [0.2, 0.25) is 0 Å². The summed E-state index contributed by atoms with van der Waals surface area (Å²) >= 11 is 0. The second kappa shape index (κ2) is 4.48. The van der Waals surface area contributed by atoms with E-state index in [4.69, 9.17) is 0 Å². The minimum absolute atomic E-state index is 0.726. The van der Waals surface area contributed by atoms with E-state index >= 15 is 0 Å². The Kier molecular flexibility index (Phi) is 3.22. The number of hydrogen-bond donors (Lipinski definition) is 1. The van der Waals surface area contributed by atoms with Crippen LogP contribution in [-0.4, -0.2) is 6.54 Å². The molecule has 0 radical (unpaired) electrons. The van der Waals surface area contributed by atoms with Crippen molar-refractivity contribution in [1.29, 1.82) is 0 Å². The molecule has 88 valence electrons. The molecule has 16 heavy (non-hydrogen) atoms. The van der Waals surface area contributed by atoms with Gasteiger partial charge < -0.3 is 5.32 Å². The Bertz CT molecular complexity index is 377. The number of hydrogen-bond acceptors (Lipinski definition) is 1. The average Bonchev–Trinajstić information content (AvgIpc) is 2.64. The Labute approximate surface area is 99.3 Å². The number of nitrogens with one attached hydrogen (secondary N) is 1. The first-order chi connectivity index (χ1) is 7.67. The predicted octanol–water partition coefficient (Wildman–Crippen LogP) is 4.25. The number of anilines is 1. The first-order valence-corrected chi connectivity index (χ1v) is 6.52. The van der Waals surface area contributed by atoms with Crippen LogP contribution in [0.4, 0.5) is 5.69 Å². The lowest BCUT2D eigenvalue weighted by Gasteiger charge is -2.21. The summed E-state index contributed by atoms with van der Waals surface area (Å²) in [5.41, 5.74) is 5.77. The third kappa shape index (κ3) is 1.83. The van der Waals surface area contributed by atoms with E-state index in [-0.39, 0.29) is 0 Å². The summed E-state index contributed by atoms with van der Waals surface area (Å²) in [5, 5.41) is 3.59. The molecular weight excluding hydrogens is 194 g/mol. The molecule has 1 aliphatic heterocycles. The summed E-state index contributed by atoms with van der Waals surface area (Å²) in [4.78, 5) is 0. The first-order valence-electron chi connectivity index (χ1n) is 6.52. The lowest BCUT2D eigenvalue weighted by Crippen LogP contribution is -2.13. The minimum Gasteiger partial charge on any atom is -0.384 e. The van der Waals surface area contributed by atoms with E-state index in [2.05, 4.69) is 45.1 Å². The molecule has 0 fully saturated rings. The van der Waals surface area contributed by atoms with Crippen LogP contribution >= 0.6 is 0 Å². The van der Waals surface area contributed by atoms with Gasteiger partial charge in [-0.25, -0.2) is 0 Å². The standard InChI is InChI=1S/C15H23N/c1-5-12(6-2)14-9-16-15-11(4)7-10(3)8-13(14)15/h7-8,12,14,16H,5-6,9H2,1-4H3. The third-order valence-electron chi connectivity index (χ3n) is 4.03. The van der Waals surface area contributed by atoms with Crippen molar-refractivity contribution in [3.63, 3.8) is 0 Å². The van der Waals surface area contributed by atoms with E-state index in [0.717, 1.165) is 18.4 Å². The van der Waals surface area contributed by atoms with Crippen molar-refractivity contribution in [2.45, 2.75) is 46.5 Å². The van der Waals surface area contributed by atoms with Crippen LogP contribution in [0.3, 0.4) is 0 Å². The van der Waals surface area contributed by atoms with E-state index < -0.39 is 0 Å². The van der Waals surface area contributed by atoms with Gasteiger partial charge in [0.15, 0.2) is 0 Å². The van der Waals surface area contributed by atoms with Crippen LogP contribution in [0, 0.1) is 19.8 Å². The van der Waals surface area contributed by atoms with Crippen LogP contribution in [0.15, 0.2) is 12.1 Å². The lowest BCUT2D eigenvalue weighted by atomic mass is 9.83. The summed E-state index contributed by atoms with van der Waals surface area (Å²) in [7, 11) is 0. The zero-order chi connectivity index (χ0) is 11.7. The van der Waals surface area contributed by atoms with Crippen molar-refractivity contribution in [2.24, 2.45) is 5.92 Å². The summed E-state index contributed by atoms with van der Waals surface area (Å²) in [5.74, 6) is 1.55. The van der Waals surface area contributed by atoms with Crippen molar-refractivity contribution in [3.8, 4) is 0 Å². The molecule has 1 atom stereocenters. The molecule has 1 N–H and O–H groups in total. The molecule has 2 rings (SSSR count). The quantitative estimate of drug-likeness (QED) is 0.798. The third-order valence-corrected chi connectivity index (χ3v) is 4.03. The second-order valence-electron chi connectivity index (χ2n) is 5.11.